The molecule has 7 aromatic rings. The Morgan fingerprint density at radius 3 is 0.815 bits per heavy atom. The Hall–Kier alpha value is -3.63. The topological polar surface area (TPSA) is 0 Å². The van der Waals surface area contributed by atoms with Gasteiger partial charge in [0.15, 0.2) is 0 Å². The molecule has 0 amide bonds. The summed E-state index contributed by atoms with van der Waals surface area (Å²) in [6.07, 6.45) is -9.59. The molecule has 7 aromatic carbocycles. The molecule has 0 nitrogen and oxygen atoms in total. The quantitative estimate of drug-likeness (QED) is 0.0674. The van der Waals surface area contributed by atoms with Crippen molar-refractivity contribution in [2.45, 2.75) is 12.4 Å². The Morgan fingerprint density at radius 1 is 0.370 bits per heavy atom. The molecule has 0 fully saturated rings. The minimum atomic E-state index is -4.80. The molecule has 7 rings (SSSR count). The molecule has 0 aliphatic rings. The fourth-order valence-corrected chi connectivity index (χ4v) is 11.0. The van der Waals surface area contributed by atoms with Gasteiger partial charge < -0.3 is 0 Å². The van der Waals surface area contributed by atoms with Crippen molar-refractivity contribution < 1.29 is 45.5 Å². The van der Waals surface area contributed by atoms with Gasteiger partial charge in [0, 0.05) is 0 Å². The van der Waals surface area contributed by atoms with Crippen LogP contribution >= 0.6 is 38.4 Å². The summed E-state index contributed by atoms with van der Waals surface area (Å²) in [4.78, 5) is 0. The molecular formula is C44H32F6IP2Pd. The van der Waals surface area contributed by atoms with Gasteiger partial charge in [-0.1, -0.05) is 182 Å². The van der Waals surface area contributed by atoms with Gasteiger partial charge in [0.2, 0.25) is 0 Å². The molecule has 277 valence electrons. The fourth-order valence-electron chi connectivity index (χ4n) is 5.30. The van der Waals surface area contributed by atoms with Gasteiger partial charge in [-0.2, -0.15) is 0 Å². The van der Waals surface area contributed by atoms with E-state index in [0.717, 1.165) is 0 Å². The van der Waals surface area contributed by atoms with E-state index in [1.165, 1.54) is 54.4 Å². The van der Waals surface area contributed by atoms with Crippen LogP contribution in [-0.2, 0) is 31.6 Å². The van der Waals surface area contributed by atoms with Crippen molar-refractivity contribution in [1.29, 1.82) is 0 Å². The van der Waals surface area contributed by atoms with Gasteiger partial charge in [0.05, 0.1) is 0 Å². The molecule has 0 N–H and O–H groups in total. The van der Waals surface area contributed by atoms with Crippen LogP contribution in [0.25, 0.3) is 0 Å². The molecule has 0 saturated carbocycles. The predicted molar refractivity (Wildman–Crippen MR) is 219 cm³/mol. The SMILES string of the molecule is FC(F)(F)c1c[c]([Pd])c(I)c(C(F)(F)F)c1.c1ccc(P(c2ccccc2)c2ccccc2)cc1.c1ccc(P(c2ccccc2)c2ccccc2)cc1. The first kappa shape index (κ1) is 41.5. The van der Waals surface area contributed by atoms with E-state index in [0.29, 0.717) is 6.07 Å². The smallest absolute Gasteiger partial charge is 0.0134 e. The molecule has 0 aromatic heterocycles. The van der Waals surface area contributed by atoms with E-state index < -0.39 is 39.3 Å². The van der Waals surface area contributed by atoms with Crippen LogP contribution in [0.2, 0.25) is 0 Å². The second-order valence-electron chi connectivity index (χ2n) is 11.5. The second-order valence-corrected chi connectivity index (χ2v) is 17.8. The molecule has 0 aliphatic heterocycles. The zero-order chi connectivity index (χ0) is 38.6. The number of halogens is 7. The van der Waals surface area contributed by atoms with Crippen LogP contribution in [0, 0.1) is 3.57 Å². The molecule has 10 heteroatoms. The van der Waals surface area contributed by atoms with Crippen molar-refractivity contribution in [2.24, 2.45) is 0 Å². The number of hydrogen-bond donors (Lipinski definition) is 0. The van der Waals surface area contributed by atoms with Crippen molar-refractivity contribution in [2.75, 3.05) is 0 Å². The van der Waals surface area contributed by atoms with E-state index in [2.05, 4.69) is 201 Å². The normalized spacial score (nSPS) is 11.3. The zero-order valence-corrected chi connectivity index (χ0v) is 33.8. The van der Waals surface area contributed by atoms with E-state index in [4.69, 9.17) is 0 Å². The van der Waals surface area contributed by atoms with Crippen molar-refractivity contribution >= 4 is 74.3 Å². The Bertz CT molecular complexity index is 1850. The average molecular weight is 970 g/mol. The molecule has 0 bridgehead atoms. The van der Waals surface area contributed by atoms with Crippen LogP contribution in [0.3, 0.4) is 0 Å². The number of hydrogen-bond acceptors (Lipinski definition) is 0. The van der Waals surface area contributed by atoms with E-state index in [-0.39, 0.29) is 13.7 Å². The molecular weight excluding hydrogens is 938 g/mol. The first-order chi connectivity index (χ1) is 25.9. The fraction of sp³-hybridized carbons (Fsp3) is 0.0455. The Kier molecular flexibility index (Phi) is 15.2. The molecule has 0 atom stereocenters. The van der Waals surface area contributed by atoms with Crippen LogP contribution in [-0.4, -0.2) is 0 Å². The molecule has 0 radical (unpaired) electrons. The minimum absolute atomic E-state index is 0.110. The van der Waals surface area contributed by atoms with Gasteiger partial charge >= 0.3 is 111 Å². The van der Waals surface area contributed by atoms with Gasteiger partial charge in [-0.25, -0.2) is 0 Å². The van der Waals surface area contributed by atoms with Gasteiger partial charge in [0.1, 0.15) is 0 Å². The summed E-state index contributed by atoms with van der Waals surface area (Å²) in [5.74, 6) is 0. The second kappa shape index (κ2) is 19.8. The van der Waals surface area contributed by atoms with Crippen molar-refractivity contribution in [3.05, 3.63) is 209 Å². The Balaban J connectivity index is 0.000000157. The van der Waals surface area contributed by atoms with Crippen LogP contribution in [0.1, 0.15) is 11.1 Å². The summed E-state index contributed by atoms with van der Waals surface area (Å²) in [6.45, 7) is 0. The van der Waals surface area contributed by atoms with Gasteiger partial charge in [-0.05, 0) is 47.7 Å². The van der Waals surface area contributed by atoms with E-state index in [1.807, 2.05) is 0 Å². The standard InChI is InChI=1S/2C18H15P.C8H2F6I.Pd/c2*1-4-10-16(11-5-1)19(17-12-6-2-7-13-17)18-14-8-3-9-15-18;9-7(10,11)4-1-2-6(15)5(3-4)8(12,13)14;/h2*1-15H;1,3H;. The minimum Gasteiger partial charge on any atom is -0.0622 e. The molecule has 0 saturated heterocycles. The molecule has 0 spiro atoms. The third-order valence-corrected chi connectivity index (χ3v) is 15.1. The number of rotatable bonds is 6. The van der Waals surface area contributed by atoms with E-state index in [9.17, 15) is 26.3 Å². The van der Waals surface area contributed by atoms with Crippen molar-refractivity contribution in [1.82, 2.24) is 0 Å². The molecule has 0 heterocycles. The number of alkyl halides is 6. The summed E-state index contributed by atoms with van der Waals surface area (Å²) < 4.78 is 73.6. The third kappa shape index (κ3) is 11.7. The molecule has 0 unspecified atom stereocenters. The average Bonchev–Trinajstić information content (AvgIpc) is 3.18. The summed E-state index contributed by atoms with van der Waals surface area (Å²) in [6, 6.07) is 65.4. The van der Waals surface area contributed by atoms with Crippen LogP contribution < -0.4 is 35.9 Å². The Morgan fingerprint density at radius 2 is 0.611 bits per heavy atom. The van der Waals surface area contributed by atoms with Crippen LogP contribution in [0.4, 0.5) is 26.3 Å². The summed E-state index contributed by atoms with van der Waals surface area (Å²) >= 11 is 3.73. The monoisotopic (exact) mass is 969 g/mol. The molecule has 0 aliphatic carbocycles. The van der Waals surface area contributed by atoms with Crippen molar-refractivity contribution in [3.8, 4) is 0 Å². The Labute approximate surface area is 338 Å². The van der Waals surface area contributed by atoms with E-state index >= 15 is 0 Å². The first-order valence-corrected chi connectivity index (χ1v) is 21.0. The van der Waals surface area contributed by atoms with Gasteiger partial charge in [-0.3, -0.25) is 0 Å². The first-order valence-electron chi connectivity index (χ1n) is 16.4. The zero-order valence-electron chi connectivity index (χ0n) is 28.3. The van der Waals surface area contributed by atoms with Crippen LogP contribution in [0.15, 0.2) is 194 Å². The van der Waals surface area contributed by atoms with Gasteiger partial charge in [-0.15, -0.1) is 0 Å². The largest absolute Gasteiger partial charge is 0.0622 e. The van der Waals surface area contributed by atoms with Gasteiger partial charge in [0.25, 0.3) is 0 Å². The third-order valence-electron chi connectivity index (χ3n) is 7.72. The number of benzene rings is 7. The summed E-state index contributed by atoms with van der Waals surface area (Å²) in [5.41, 5.74) is -2.60. The summed E-state index contributed by atoms with van der Waals surface area (Å²) in [7, 11) is -0.892. The molecule has 54 heavy (non-hydrogen) atoms. The predicted octanol–water partition coefficient (Wildman–Crippen LogP) is 10.4. The van der Waals surface area contributed by atoms with Crippen LogP contribution in [0.5, 0.6) is 0 Å². The van der Waals surface area contributed by atoms with E-state index in [1.54, 1.807) is 0 Å². The summed E-state index contributed by atoms with van der Waals surface area (Å²) in [5, 5.41) is 8.39. The maximum absolute atomic E-state index is 12.4. The van der Waals surface area contributed by atoms with Crippen molar-refractivity contribution in [3.63, 3.8) is 0 Å². The maximum Gasteiger partial charge on any atom is -0.0134 e. The maximum atomic E-state index is 12.4.